The molecule has 0 N–H and O–H groups in total. The molecule has 57 heavy (non-hydrogen) atoms. The predicted molar refractivity (Wildman–Crippen MR) is 249 cm³/mol. The van der Waals surface area contributed by atoms with Crippen LogP contribution in [0.15, 0.2) is 72.8 Å². The van der Waals surface area contributed by atoms with E-state index in [9.17, 15) is 9.59 Å². The van der Waals surface area contributed by atoms with Gasteiger partial charge in [0.25, 0.3) is 0 Å². The van der Waals surface area contributed by atoms with Crippen LogP contribution in [0.2, 0.25) is 0 Å². The molecular formula is C44H46I5O8+. The first-order valence-electron chi connectivity index (χ1n) is 19.1. The Labute approximate surface area is 400 Å². The molecule has 0 bridgehead atoms. The average molecular weight is 1340 g/mol. The molecule has 2 aliphatic carbocycles. The second kappa shape index (κ2) is 21.5. The standard InChI is InChI=1S/C44H46I5O8/c1-43(17-5-3-6-18-43)56-39(50)27-54-41-29(21-31(45)23-37(41)47)25-52-35-13-9-33(10-14-35)49-34-11-15-36(16-12-34)53-26-30-22-32(46)24-38(48)42(30)55-28-40(51)57-44(2)19-7-4-8-20-44/h9-16,21-24H,3-8,17-20,25-28H2,1-2H3/q+1. The van der Waals surface area contributed by atoms with Crippen molar-refractivity contribution in [1.29, 1.82) is 0 Å². The van der Waals surface area contributed by atoms with E-state index in [0.717, 1.165) is 88.3 Å². The molecule has 8 nitrogen and oxygen atoms in total. The van der Waals surface area contributed by atoms with Crippen molar-refractivity contribution in [3.8, 4) is 23.0 Å². The molecule has 2 aliphatic rings. The Balaban J connectivity index is 0.990. The lowest BCUT2D eigenvalue weighted by atomic mass is 9.86. The minimum Gasteiger partial charge on any atom is -0.489 e. The quantitative estimate of drug-likeness (QED) is 0.0815. The van der Waals surface area contributed by atoms with Crippen molar-refractivity contribution in [1.82, 2.24) is 0 Å². The first kappa shape index (κ1) is 45.2. The van der Waals surface area contributed by atoms with Crippen molar-refractivity contribution in [2.24, 2.45) is 0 Å². The molecule has 0 aliphatic heterocycles. The molecule has 0 atom stereocenters. The lowest BCUT2D eigenvalue weighted by Gasteiger charge is -2.33. The molecule has 2 saturated carbocycles. The van der Waals surface area contributed by atoms with Crippen LogP contribution in [0.5, 0.6) is 23.0 Å². The summed E-state index contributed by atoms with van der Waals surface area (Å²) in [5.41, 5.74) is 0.968. The Morgan fingerprint density at radius 1 is 0.544 bits per heavy atom. The zero-order valence-electron chi connectivity index (χ0n) is 32.0. The van der Waals surface area contributed by atoms with E-state index in [1.165, 1.54) is 20.0 Å². The molecule has 0 spiro atoms. The van der Waals surface area contributed by atoms with Crippen molar-refractivity contribution in [2.75, 3.05) is 13.2 Å². The highest BCUT2D eigenvalue weighted by molar-refractivity contribution is 14.1. The van der Waals surface area contributed by atoms with E-state index in [0.29, 0.717) is 24.7 Å². The van der Waals surface area contributed by atoms with Crippen LogP contribution in [0.4, 0.5) is 0 Å². The van der Waals surface area contributed by atoms with Crippen LogP contribution in [-0.2, 0) is 32.3 Å². The second-order valence-corrected chi connectivity index (χ2v) is 22.7. The molecule has 4 aromatic carbocycles. The van der Waals surface area contributed by atoms with E-state index in [2.05, 4.69) is 115 Å². The van der Waals surface area contributed by atoms with E-state index in [-0.39, 0.29) is 25.2 Å². The van der Waals surface area contributed by atoms with Gasteiger partial charge in [0.2, 0.25) is 0 Å². The first-order chi connectivity index (χ1) is 27.3. The molecular weight excluding hydrogens is 1290 g/mol. The first-order valence-corrected chi connectivity index (χ1v) is 25.6. The minimum absolute atomic E-state index is 0.134. The number of esters is 2. The number of carbonyl (C=O) groups is 2. The Morgan fingerprint density at radius 2 is 0.912 bits per heavy atom. The molecule has 13 heteroatoms. The van der Waals surface area contributed by atoms with Gasteiger partial charge in [0, 0.05) is 18.3 Å². The van der Waals surface area contributed by atoms with Crippen LogP contribution in [0.3, 0.4) is 0 Å². The zero-order valence-corrected chi connectivity index (χ0v) is 42.8. The maximum atomic E-state index is 12.7. The summed E-state index contributed by atoms with van der Waals surface area (Å²) in [4.78, 5) is 25.5. The Hall–Kier alpha value is -1.33. The number of benzene rings is 4. The monoisotopic (exact) mass is 1340 g/mol. The lowest BCUT2D eigenvalue weighted by Crippen LogP contribution is -3.61. The summed E-state index contributed by atoms with van der Waals surface area (Å²) in [6.45, 7) is 4.41. The second-order valence-electron chi connectivity index (χ2n) is 14.9. The summed E-state index contributed by atoms with van der Waals surface area (Å²) >= 11 is 8.66. The number of halogens is 5. The average Bonchev–Trinajstić information content (AvgIpc) is 3.16. The lowest BCUT2D eigenvalue weighted by molar-refractivity contribution is -0.597. The highest BCUT2D eigenvalue weighted by Crippen LogP contribution is 2.34. The summed E-state index contributed by atoms with van der Waals surface area (Å²) in [5.74, 6) is 2.16. The van der Waals surface area contributed by atoms with E-state index >= 15 is 0 Å². The van der Waals surface area contributed by atoms with Gasteiger partial charge in [-0.2, -0.15) is 0 Å². The maximum absolute atomic E-state index is 12.7. The van der Waals surface area contributed by atoms with Gasteiger partial charge in [0.1, 0.15) is 47.4 Å². The topological polar surface area (TPSA) is 89.5 Å². The van der Waals surface area contributed by atoms with Gasteiger partial charge in [-0.15, -0.1) is 0 Å². The molecule has 0 saturated heterocycles. The highest BCUT2D eigenvalue weighted by Gasteiger charge is 2.32. The normalized spacial score (nSPS) is 16.0. The summed E-state index contributed by atoms with van der Waals surface area (Å²) in [6.07, 6.45) is 10.3. The van der Waals surface area contributed by atoms with Gasteiger partial charge in [-0.25, -0.2) is 9.59 Å². The Kier molecular flexibility index (Phi) is 17.0. The predicted octanol–water partition coefficient (Wildman–Crippen LogP) is 8.68. The third-order valence-corrected chi connectivity index (χ3v) is 15.5. The van der Waals surface area contributed by atoms with E-state index < -0.39 is 32.4 Å². The van der Waals surface area contributed by atoms with Crippen molar-refractivity contribution in [2.45, 2.75) is 102 Å². The van der Waals surface area contributed by atoms with E-state index in [1.807, 2.05) is 62.4 Å². The molecule has 2 fully saturated rings. The van der Waals surface area contributed by atoms with Crippen molar-refractivity contribution in [3.63, 3.8) is 0 Å². The molecule has 0 heterocycles. The zero-order chi connectivity index (χ0) is 40.4. The number of ether oxygens (including phenoxy) is 6. The molecule has 0 unspecified atom stereocenters. The number of hydrogen-bond acceptors (Lipinski definition) is 8. The molecule has 304 valence electrons. The number of carbonyl (C=O) groups excluding carboxylic acids is 2. The maximum Gasteiger partial charge on any atom is 0.357 e. The Morgan fingerprint density at radius 3 is 1.28 bits per heavy atom. The van der Waals surface area contributed by atoms with Crippen LogP contribution in [-0.4, -0.2) is 36.4 Å². The van der Waals surface area contributed by atoms with Crippen molar-refractivity contribution < 1.29 is 59.2 Å². The van der Waals surface area contributed by atoms with Crippen LogP contribution in [0.1, 0.15) is 89.2 Å². The van der Waals surface area contributed by atoms with E-state index in [4.69, 9.17) is 28.4 Å². The summed E-state index contributed by atoms with van der Waals surface area (Å²) in [7, 11) is 0. The fourth-order valence-electron chi connectivity index (χ4n) is 7.08. The minimum atomic E-state index is -0.422. The van der Waals surface area contributed by atoms with Crippen molar-refractivity contribution >= 4 is 102 Å². The summed E-state index contributed by atoms with van der Waals surface area (Å²) in [5, 5.41) is 0. The summed E-state index contributed by atoms with van der Waals surface area (Å²) < 4.78 is 42.7. The SMILES string of the molecule is CC1(OC(=O)COc2c(I)cc(I)cc2COc2ccc([I+]c3ccc(OCc4cc(I)cc(I)c4OCC(=O)OC4(C)CCCCC4)cc3)cc2)CCCCC1. The van der Waals surface area contributed by atoms with Crippen LogP contribution >= 0.6 is 90.4 Å². The summed E-state index contributed by atoms with van der Waals surface area (Å²) in [6, 6.07) is 24.6. The van der Waals surface area contributed by atoms with Gasteiger partial charge >= 0.3 is 33.1 Å². The van der Waals surface area contributed by atoms with Gasteiger partial charge in [-0.3, -0.25) is 0 Å². The van der Waals surface area contributed by atoms with Crippen LogP contribution in [0, 0.1) is 21.4 Å². The number of rotatable bonds is 16. The molecule has 0 aromatic heterocycles. The fraction of sp³-hybridized carbons (Fsp3) is 0.409. The van der Waals surface area contributed by atoms with Gasteiger partial charge < -0.3 is 28.4 Å². The fourth-order valence-corrected chi connectivity index (χ4v) is 13.5. The highest BCUT2D eigenvalue weighted by atomic mass is 127. The van der Waals surface area contributed by atoms with Gasteiger partial charge in [-0.05, 0) is 228 Å². The van der Waals surface area contributed by atoms with E-state index in [1.54, 1.807) is 0 Å². The molecule has 0 amide bonds. The largest absolute Gasteiger partial charge is 0.489 e. The number of hydrogen-bond donors (Lipinski definition) is 0. The van der Waals surface area contributed by atoms with Gasteiger partial charge in [-0.1, -0.05) is 12.8 Å². The van der Waals surface area contributed by atoms with Crippen LogP contribution in [0.25, 0.3) is 0 Å². The Bertz CT molecular complexity index is 1850. The molecule has 6 rings (SSSR count). The van der Waals surface area contributed by atoms with Crippen molar-refractivity contribution in [3.05, 3.63) is 105 Å². The van der Waals surface area contributed by atoms with Gasteiger partial charge in [0.05, 0.1) is 7.14 Å². The molecule has 4 aromatic rings. The van der Waals surface area contributed by atoms with Crippen LogP contribution < -0.4 is 40.2 Å². The molecule has 0 radical (unpaired) electrons. The third-order valence-electron chi connectivity index (χ3n) is 10.0. The smallest absolute Gasteiger partial charge is 0.357 e. The third kappa shape index (κ3) is 13.8. The van der Waals surface area contributed by atoms with Gasteiger partial charge in [0.15, 0.2) is 20.4 Å².